The van der Waals surface area contributed by atoms with Crippen molar-refractivity contribution < 1.29 is 18.9 Å². The fraction of sp³-hybridized carbons (Fsp3) is 0.286. The van der Waals surface area contributed by atoms with Gasteiger partial charge in [-0.05, 0) is 115 Å². The second-order valence-electron chi connectivity index (χ2n) is 15.9. The maximum absolute atomic E-state index is 6.55. The Morgan fingerprint density at radius 2 is 0.922 bits per heavy atom. The third kappa shape index (κ3) is 4.88. The van der Waals surface area contributed by atoms with Gasteiger partial charge in [0.05, 0.1) is 33.6 Å². The van der Waals surface area contributed by atoms with Crippen molar-refractivity contribution >= 4 is 34.9 Å². The summed E-state index contributed by atoms with van der Waals surface area (Å²) in [5.41, 5.74) is 7.11. The number of rotatable bonds is 4. The van der Waals surface area contributed by atoms with Crippen molar-refractivity contribution in [3.8, 4) is 45.5 Å². The van der Waals surface area contributed by atoms with Gasteiger partial charge in [0.25, 0.3) is 6.71 Å². The zero-order valence-electron chi connectivity index (χ0n) is 30.2. The summed E-state index contributed by atoms with van der Waals surface area (Å²) >= 11 is 0. The van der Waals surface area contributed by atoms with Crippen LogP contribution in [0.1, 0.15) is 66.5 Å². The van der Waals surface area contributed by atoms with E-state index in [1.165, 1.54) is 0 Å². The Hall–Kier alpha value is -5.44. The van der Waals surface area contributed by atoms with Crippen LogP contribution in [0.3, 0.4) is 0 Å². The molecule has 0 fully saturated rings. The van der Waals surface area contributed by atoms with Crippen molar-refractivity contribution in [2.75, 3.05) is 0 Å². The Balaban J connectivity index is 1.02. The van der Waals surface area contributed by atoms with Gasteiger partial charge in [-0.3, -0.25) is 9.97 Å². The molecular formula is C42H39BN4O4. The molecule has 3 aromatic carbocycles. The molecule has 6 heterocycles. The van der Waals surface area contributed by atoms with Crippen molar-refractivity contribution in [1.82, 2.24) is 9.97 Å². The molecule has 0 atom stereocenters. The van der Waals surface area contributed by atoms with E-state index >= 15 is 0 Å². The summed E-state index contributed by atoms with van der Waals surface area (Å²) in [5.74, 6) is 4.45. The number of pyridine rings is 2. The highest BCUT2D eigenvalue weighted by Crippen LogP contribution is 2.39. The van der Waals surface area contributed by atoms with E-state index in [0.29, 0.717) is 11.8 Å². The topological polar surface area (TPSA) is 87.4 Å². The third-order valence-electron chi connectivity index (χ3n) is 11.4. The molecule has 0 radical (unpaired) electrons. The molecule has 0 saturated carbocycles. The number of benzene rings is 3. The molecule has 0 aliphatic carbocycles. The lowest BCUT2D eigenvalue weighted by Crippen LogP contribution is -2.57. The van der Waals surface area contributed by atoms with Crippen molar-refractivity contribution in [2.45, 2.75) is 77.7 Å². The zero-order valence-corrected chi connectivity index (χ0v) is 30.2. The highest BCUT2D eigenvalue weighted by atomic mass is 16.5. The van der Waals surface area contributed by atoms with Gasteiger partial charge in [-0.15, -0.1) is 0 Å². The summed E-state index contributed by atoms with van der Waals surface area (Å²) < 4.78 is 25.5. The Labute approximate surface area is 298 Å². The van der Waals surface area contributed by atoms with Gasteiger partial charge in [0.2, 0.25) is 11.8 Å². The van der Waals surface area contributed by atoms with Gasteiger partial charge in [-0.25, -0.2) is 9.98 Å². The average molecular weight is 675 g/mol. The normalized spacial score (nSPS) is 19.3. The zero-order chi connectivity index (χ0) is 35.5. The molecule has 0 saturated heterocycles. The van der Waals surface area contributed by atoms with Crippen LogP contribution in [0.15, 0.2) is 101 Å². The number of aromatic nitrogens is 2. The largest absolute Gasteiger partial charge is 0.469 e. The van der Waals surface area contributed by atoms with Crippen LogP contribution < -0.4 is 25.9 Å². The van der Waals surface area contributed by atoms with E-state index in [1.807, 2.05) is 54.9 Å². The molecule has 8 nitrogen and oxygen atoms in total. The highest BCUT2D eigenvalue weighted by Gasteiger charge is 2.47. The molecule has 0 amide bonds. The molecule has 5 aromatic rings. The molecule has 4 aliphatic rings. The minimum atomic E-state index is -0.393. The molecule has 0 spiro atoms. The van der Waals surface area contributed by atoms with Crippen LogP contribution in [-0.4, -0.2) is 50.8 Å². The van der Waals surface area contributed by atoms with E-state index in [4.69, 9.17) is 38.9 Å². The maximum Gasteiger partial charge on any atom is 0.260 e. The SMILES string of the molecule is CC1(C)N=C(c2ccc(-c3ccc4c(c3)Oc3cccc5c3B4c3ccc(-c4ccc(C6=NC(C)(C)C(C)(C)O6)cn4)cc3O5)nc2)OC1(C)C. The molecule has 2 aromatic heterocycles. The van der Waals surface area contributed by atoms with Crippen molar-refractivity contribution in [3.05, 3.63) is 102 Å². The Morgan fingerprint density at radius 1 is 0.490 bits per heavy atom. The Morgan fingerprint density at radius 3 is 1.29 bits per heavy atom. The number of hydrogen-bond donors (Lipinski definition) is 0. The maximum atomic E-state index is 6.55. The van der Waals surface area contributed by atoms with Crippen molar-refractivity contribution in [1.29, 1.82) is 0 Å². The van der Waals surface area contributed by atoms with Gasteiger partial charge < -0.3 is 18.9 Å². The first-order valence-corrected chi connectivity index (χ1v) is 17.5. The Bertz CT molecular complexity index is 2170. The fourth-order valence-corrected chi connectivity index (χ4v) is 6.93. The lowest BCUT2D eigenvalue weighted by atomic mass is 9.35. The quantitative estimate of drug-likeness (QED) is 0.184. The van der Waals surface area contributed by atoms with Crippen molar-refractivity contribution in [3.63, 3.8) is 0 Å². The van der Waals surface area contributed by atoms with E-state index in [2.05, 4.69) is 91.8 Å². The first kappa shape index (κ1) is 31.5. The second kappa shape index (κ2) is 10.5. The first-order chi connectivity index (χ1) is 24.2. The summed E-state index contributed by atoms with van der Waals surface area (Å²) in [6, 6.07) is 26.8. The van der Waals surface area contributed by atoms with E-state index in [9.17, 15) is 0 Å². The summed E-state index contributed by atoms with van der Waals surface area (Å²) in [7, 11) is 0. The summed E-state index contributed by atoms with van der Waals surface area (Å²) in [6.45, 7) is 16.6. The smallest absolute Gasteiger partial charge is 0.260 e. The van der Waals surface area contributed by atoms with Gasteiger partial charge in [-0.1, -0.05) is 30.3 Å². The number of fused-ring (bicyclic) bond motifs is 4. The predicted molar refractivity (Wildman–Crippen MR) is 202 cm³/mol. The molecule has 9 heteroatoms. The lowest BCUT2D eigenvalue weighted by Gasteiger charge is -2.33. The van der Waals surface area contributed by atoms with E-state index < -0.39 is 11.2 Å². The molecule has 51 heavy (non-hydrogen) atoms. The summed E-state index contributed by atoms with van der Waals surface area (Å²) in [4.78, 5) is 19.3. The average Bonchev–Trinajstić information content (AvgIpc) is 3.47. The third-order valence-corrected chi connectivity index (χ3v) is 11.4. The number of ether oxygens (including phenoxy) is 4. The van der Waals surface area contributed by atoms with E-state index in [0.717, 1.165) is 73.0 Å². The first-order valence-electron chi connectivity index (χ1n) is 17.5. The van der Waals surface area contributed by atoms with Gasteiger partial charge >= 0.3 is 0 Å². The van der Waals surface area contributed by atoms with Gasteiger partial charge in [0.15, 0.2) is 0 Å². The lowest BCUT2D eigenvalue weighted by molar-refractivity contribution is 0.0618. The molecule has 9 rings (SSSR count). The van der Waals surface area contributed by atoms with Gasteiger partial charge in [0, 0.05) is 29.0 Å². The van der Waals surface area contributed by atoms with Crippen molar-refractivity contribution in [2.24, 2.45) is 9.98 Å². The molecular weight excluding hydrogens is 635 g/mol. The van der Waals surface area contributed by atoms with E-state index in [-0.39, 0.29) is 17.8 Å². The van der Waals surface area contributed by atoms with Crippen LogP contribution in [-0.2, 0) is 9.47 Å². The van der Waals surface area contributed by atoms with Crippen LogP contribution in [0.5, 0.6) is 23.0 Å². The summed E-state index contributed by atoms with van der Waals surface area (Å²) in [5, 5.41) is 0. The molecule has 0 bridgehead atoms. The highest BCUT2D eigenvalue weighted by molar-refractivity contribution is 6.98. The second-order valence-corrected chi connectivity index (χ2v) is 15.9. The van der Waals surface area contributed by atoms with E-state index in [1.54, 1.807) is 0 Å². The van der Waals surface area contributed by atoms with Gasteiger partial charge in [0.1, 0.15) is 34.2 Å². The number of hydrogen-bond acceptors (Lipinski definition) is 8. The van der Waals surface area contributed by atoms with Gasteiger partial charge in [-0.2, -0.15) is 0 Å². The van der Waals surface area contributed by atoms with Crippen LogP contribution in [0.25, 0.3) is 22.5 Å². The van der Waals surface area contributed by atoms with Crippen LogP contribution >= 0.6 is 0 Å². The Kier molecular flexibility index (Phi) is 6.52. The van der Waals surface area contributed by atoms with Crippen LogP contribution in [0.2, 0.25) is 0 Å². The number of nitrogens with zero attached hydrogens (tertiary/aromatic N) is 4. The minimum absolute atomic E-state index is 0.0501. The molecule has 0 N–H and O–H groups in total. The molecule has 4 aliphatic heterocycles. The standard InChI is InChI=1S/C42H39BN4O4/c1-39(2)41(5,6)50-37(46-39)26-14-18-30(44-22-26)24-12-16-28-34(20-24)48-32-10-9-11-33-36(32)43(28)29-17-13-25(21-35(29)49-33)31-19-15-27(23-45-31)38-47-40(3,4)42(7,8)51-38/h9-23H,1-8H3. The van der Waals surface area contributed by atoms with Crippen LogP contribution in [0.4, 0.5) is 0 Å². The van der Waals surface area contributed by atoms with Crippen LogP contribution in [0, 0.1) is 0 Å². The minimum Gasteiger partial charge on any atom is -0.469 e. The fourth-order valence-electron chi connectivity index (χ4n) is 6.93. The molecule has 254 valence electrons. The predicted octanol–water partition coefficient (Wildman–Crippen LogP) is 7.21. The molecule has 0 unspecified atom stereocenters. The monoisotopic (exact) mass is 674 g/mol. The summed E-state index contributed by atoms with van der Waals surface area (Å²) in [6.07, 6.45) is 3.67. The number of aliphatic imine (C=N–C) groups is 2.